The third-order valence-corrected chi connectivity index (χ3v) is 6.52. The molecule has 0 unspecified atom stereocenters. The van der Waals surface area contributed by atoms with Crippen LogP contribution in [-0.4, -0.2) is 33.7 Å². The molecule has 1 N–H and O–H groups in total. The van der Waals surface area contributed by atoms with Crippen molar-refractivity contribution in [2.24, 2.45) is 4.99 Å². The second-order valence-electron chi connectivity index (χ2n) is 7.65. The van der Waals surface area contributed by atoms with Crippen LogP contribution in [0.4, 0.5) is 11.4 Å². The first-order valence-corrected chi connectivity index (χ1v) is 11.3. The summed E-state index contributed by atoms with van der Waals surface area (Å²) in [5, 5.41) is 5.26. The molecule has 5 nitrogen and oxygen atoms in total. The third kappa shape index (κ3) is 4.49. The Bertz CT molecular complexity index is 1180. The molecular formula is C25H25N3O2S. The minimum absolute atomic E-state index is 0.0673. The van der Waals surface area contributed by atoms with Crippen LogP contribution in [-0.2, 0) is 9.59 Å². The number of amidine groups is 1. The van der Waals surface area contributed by atoms with Gasteiger partial charge in [0, 0.05) is 24.0 Å². The highest BCUT2D eigenvalue weighted by Crippen LogP contribution is 2.34. The molecular weight excluding hydrogens is 406 g/mol. The molecule has 1 aliphatic rings. The van der Waals surface area contributed by atoms with Crippen LogP contribution in [0.3, 0.4) is 0 Å². The number of carbonyl (C=O) groups is 2. The molecule has 31 heavy (non-hydrogen) atoms. The summed E-state index contributed by atoms with van der Waals surface area (Å²) in [5.41, 5.74) is 3.76. The fraction of sp³-hybridized carbons (Fsp3) is 0.240. The average molecular weight is 432 g/mol. The predicted molar refractivity (Wildman–Crippen MR) is 129 cm³/mol. The van der Waals surface area contributed by atoms with Gasteiger partial charge in [0.1, 0.15) is 5.25 Å². The Morgan fingerprint density at radius 1 is 1.10 bits per heavy atom. The molecule has 1 heterocycles. The van der Waals surface area contributed by atoms with Gasteiger partial charge in [0.15, 0.2) is 5.17 Å². The summed E-state index contributed by atoms with van der Waals surface area (Å²) in [7, 11) is 0. The molecule has 2 amide bonds. The van der Waals surface area contributed by atoms with E-state index in [0.29, 0.717) is 11.7 Å². The minimum atomic E-state index is -0.473. The first-order valence-electron chi connectivity index (χ1n) is 10.4. The number of amides is 2. The fourth-order valence-electron chi connectivity index (χ4n) is 3.75. The Morgan fingerprint density at radius 3 is 2.65 bits per heavy atom. The van der Waals surface area contributed by atoms with E-state index in [-0.39, 0.29) is 18.2 Å². The van der Waals surface area contributed by atoms with Crippen LogP contribution >= 0.6 is 11.8 Å². The topological polar surface area (TPSA) is 61.8 Å². The lowest BCUT2D eigenvalue weighted by Gasteiger charge is -2.14. The highest BCUT2D eigenvalue weighted by molar-refractivity contribution is 8.15. The molecule has 1 saturated heterocycles. The molecule has 0 aliphatic carbocycles. The predicted octanol–water partition coefficient (Wildman–Crippen LogP) is 5.44. The Morgan fingerprint density at radius 2 is 1.87 bits per heavy atom. The molecule has 6 heteroatoms. The highest BCUT2D eigenvalue weighted by Gasteiger charge is 2.38. The third-order valence-electron chi connectivity index (χ3n) is 5.35. The van der Waals surface area contributed by atoms with Gasteiger partial charge in [-0.3, -0.25) is 14.5 Å². The molecule has 0 saturated carbocycles. The number of nitrogens with one attached hydrogen (secondary N) is 1. The summed E-state index contributed by atoms with van der Waals surface area (Å²) < 4.78 is 0. The standard InChI is InChI=1S/C25H25N3O2S/c1-4-28-24(30)22(15-23(29)26-20-13-12-16(2)14-17(20)3)31-25(28)27-21-11-7-9-18-8-5-6-10-19(18)21/h5-14,22H,4,15H2,1-3H3,(H,26,29)/t22-/m0/s1. The molecule has 0 spiro atoms. The second kappa shape index (κ2) is 8.94. The summed E-state index contributed by atoms with van der Waals surface area (Å²) in [6.07, 6.45) is 0.113. The fourth-order valence-corrected chi connectivity index (χ4v) is 4.96. The van der Waals surface area contributed by atoms with Gasteiger partial charge in [-0.2, -0.15) is 0 Å². The number of carbonyl (C=O) groups excluding carboxylic acids is 2. The number of nitrogens with zero attached hydrogens (tertiary/aromatic N) is 2. The van der Waals surface area contributed by atoms with Gasteiger partial charge in [-0.05, 0) is 43.9 Å². The van der Waals surface area contributed by atoms with E-state index < -0.39 is 5.25 Å². The maximum Gasteiger partial charge on any atom is 0.242 e. The van der Waals surface area contributed by atoms with Gasteiger partial charge < -0.3 is 5.32 Å². The Hall–Kier alpha value is -3.12. The van der Waals surface area contributed by atoms with Crippen molar-refractivity contribution in [3.8, 4) is 0 Å². The van der Waals surface area contributed by atoms with Gasteiger partial charge in [-0.15, -0.1) is 0 Å². The van der Waals surface area contributed by atoms with Crippen LogP contribution in [0.25, 0.3) is 10.8 Å². The zero-order valence-corrected chi connectivity index (χ0v) is 18.7. The van der Waals surface area contributed by atoms with Crippen molar-refractivity contribution >= 4 is 50.9 Å². The molecule has 4 rings (SSSR count). The molecule has 1 aliphatic heterocycles. The number of benzene rings is 3. The van der Waals surface area contributed by atoms with Crippen LogP contribution in [0.5, 0.6) is 0 Å². The molecule has 1 fully saturated rings. The molecule has 1 atom stereocenters. The van der Waals surface area contributed by atoms with Crippen LogP contribution in [0.1, 0.15) is 24.5 Å². The summed E-state index contributed by atoms with van der Waals surface area (Å²) in [4.78, 5) is 32.1. The van der Waals surface area contributed by atoms with E-state index in [1.54, 1.807) is 4.90 Å². The smallest absolute Gasteiger partial charge is 0.242 e. The van der Waals surface area contributed by atoms with Crippen molar-refractivity contribution in [3.63, 3.8) is 0 Å². The maximum atomic E-state index is 12.9. The normalized spacial score (nSPS) is 17.5. The molecule has 0 bridgehead atoms. The summed E-state index contributed by atoms with van der Waals surface area (Å²) in [6, 6.07) is 19.9. The van der Waals surface area contributed by atoms with Crippen LogP contribution in [0, 0.1) is 13.8 Å². The van der Waals surface area contributed by atoms with E-state index >= 15 is 0 Å². The molecule has 0 aromatic heterocycles. The van der Waals surface area contributed by atoms with Crippen molar-refractivity contribution in [3.05, 3.63) is 71.8 Å². The molecule has 0 radical (unpaired) electrons. The number of fused-ring (bicyclic) bond motifs is 1. The SMILES string of the molecule is CCN1C(=O)[C@H](CC(=O)Nc2ccc(C)cc2C)SC1=Nc1cccc2ccccc12. The highest BCUT2D eigenvalue weighted by atomic mass is 32.2. The van der Waals surface area contributed by atoms with Gasteiger partial charge in [-0.25, -0.2) is 4.99 Å². The monoisotopic (exact) mass is 431 g/mol. The van der Waals surface area contributed by atoms with Crippen LogP contribution in [0.15, 0.2) is 65.7 Å². The maximum absolute atomic E-state index is 12.9. The Kier molecular flexibility index (Phi) is 6.09. The van der Waals surface area contributed by atoms with E-state index in [9.17, 15) is 9.59 Å². The Labute approximate surface area is 186 Å². The zero-order chi connectivity index (χ0) is 22.0. The van der Waals surface area contributed by atoms with E-state index in [1.165, 1.54) is 11.8 Å². The number of thioether (sulfide) groups is 1. The van der Waals surface area contributed by atoms with Crippen molar-refractivity contribution < 1.29 is 9.59 Å². The second-order valence-corrected chi connectivity index (χ2v) is 8.82. The van der Waals surface area contributed by atoms with Gasteiger partial charge in [-0.1, -0.05) is 65.9 Å². The van der Waals surface area contributed by atoms with Crippen LogP contribution < -0.4 is 5.32 Å². The average Bonchev–Trinajstić information content (AvgIpc) is 3.04. The summed E-state index contributed by atoms with van der Waals surface area (Å²) in [5.74, 6) is -0.234. The van der Waals surface area contributed by atoms with E-state index in [1.807, 2.05) is 81.4 Å². The Balaban J connectivity index is 1.54. The number of aliphatic imine (C=N–C) groups is 1. The lowest BCUT2D eigenvalue weighted by atomic mass is 10.1. The van der Waals surface area contributed by atoms with E-state index in [4.69, 9.17) is 4.99 Å². The van der Waals surface area contributed by atoms with Crippen molar-refractivity contribution in [1.29, 1.82) is 0 Å². The number of aryl methyl sites for hydroxylation is 2. The number of rotatable bonds is 5. The number of hydrogen-bond donors (Lipinski definition) is 1. The molecule has 3 aromatic rings. The first-order chi connectivity index (χ1) is 15.0. The van der Waals surface area contributed by atoms with E-state index in [2.05, 4.69) is 5.32 Å². The number of anilines is 1. The molecule has 3 aromatic carbocycles. The minimum Gasteiger partial charge on any atom is -0.326 e. The van der Waals surface area contributed by atoms with E-state index in [0.717, 1.165) is 33.3 Å². The van der Waals surface area contributed by atoms with Crippen molar-refractivity contribution in [2.45, 2.75) is 32.4 Å². The first kappa shape index (κ1) is 21.1. The van der Waals surface area contributed by atoms with Crippen LogP contribution in [0.2, 0.25) is 0 Å². The largest absolute Gasteiger partial charge is 0.326 e. The van der Waals surface area contributed by atoms with Gasteiger partial charge in [0.2, 0.25) is 11.8 Å². The molecule has 158 valence electrons. The summed E-state index contributed by atoms with van der Waals surface area (Å²) in [6.45, 7) is 6.42. The van der Waals surface area contributed by atoms with Crippen molar-refractivity contribution in [1.82, 2.24) is 4.90 Å². The van der Waals surface area contributed by atoms with Gasteiger partial charge >= 0.3 is 0 Å². The quantitative estimate of drug-likeness (QED) is 0.585. The van der Waals surface area contributed by atoms with Gasteiger partial charge in [0.05, 0.1) is 5.69 Å². The zero-order valence-electron chi connectivity index (χ0n) is 17.9. The number of hydrogen-bond acceptors (Lipinski definition) is 4. The van der Waals surface area contributed by atoms with Crippen molar-refractivity contribution in [2.75, 3.05) is 11.9 Å². The lowest BCUT2D eigenvalue weighted by molar-refractivity contribution is -0.128. The lowest BCUT2D eigenvalue weighted by Crippen LogP contribution is -2.33. The summed E-state index contributed by atoms with van der Waals surface area (Å²) >= 11 is 1.37. The van der Waals surface area contributed by atoms with Gasteiger partial charge in [0.25, 0.3) is 0 Å².